The van der Waals surface area contributed by atoms with E-state index >= 15 is 0 Å². The van der Waals surface area contributed by atoms with Gasteiger partial charge in [0.1, 0.15) is 0 Å². The summed E-state index contributed by atoms with van der Waals surface area (Å²) in [7, 11) is 0. The average Bonchev–Trinajstić information content (AvgIpc) is 2.30. The van der Waals surface area contributed by atoms with Gasteiger partial charge in [0.05, 0.1) is 12.7 Å². The Morgan fingerprint density at radius 1 is 1.21 bits per heavy atom. The minimum absolute atomic E-state index is 0.458. The van der Waals surface area contributed by atoms with Gasteiger partial charge in [-0.1, -0.05) is 41.0 Å². The molecule has 2 nitrogen and oxygen atoms in total. The third kappa shape index (κ3) is 6.76. The van der Waals surface area contributed by atoms with E-state index in [9.17, 15) is 0 Å². The van der Waals surface area contributed by atoms with Crippen LogP contribution in [0.25, 0.3) is 0 Å². The van der Waals surface area contributed by atoms with E-state index in [1.807, 2.05) is 0 Å². The van der Waals surface area contributed by atoms with Crippen molar-refractivity contribution in [3.8, 4) is 0 Å². The number of hydrogen-bond donors (Lipinski definition) is 1. The highest BCUT2D eigenvalue weighted by molar-refractivity contribution is 4.83. The van der Waals surface area contributed by atoms with Crippen LogP contribution in [0.5, 0.6) is 0 Å². The lowest BCUT2D eigenvalue weighted by molar-refractivity contribution is -0.0313. The van der Waals surface area contributed by atoms with E-state index < -0.39 is 0 Å². The fourth-order valence-electron chi connectivity index (χ4n) is 3.58. The minimum atomic E-state index is 0.458. The summed E-state index contributed by atoms with van der Waals surface area (Å²) < 4.78 is 6.24. The summed E-state index contributed by atoms with van der Waals surface area (Å²) >= 11 is 0. The third-order valence-corrected chi connectivity index (χ3v) is 4.20. The highest BCUT2D eigenvalue weighted by Crippen LogP contribution is 2.39. The Morgan fingerprint density at radius 3 is 2.53 bits per heavy atom. The van der Waals surface area contributed by atoms with Gasteiger partial charge in [-0.05, 0) is 50.0 Å². The lowest BCUT2D eigenvalue weighted by Crippen LogP contribution is -2.38. The van der Waals surface area contributed by atoms with E-state index in [4.69, 9.17) is 4.74 Å². The van der Waals surface area contributed by atoms with E-state index in [1.54, 1.807) is 0 Å². The number of hydrogen-bond acceptors (Lipinski definition) is 2. The molecule has 1 fully saturated rings. The summed E-state index contributed by atoms with van der Waals surface area (Å²) in [5.74, 6) is 0.807. The molecule has 0 amide bonds. The predicted molar refractivity (Wildman–Crippen MR) is 83.5 cm³/mol. The Hall–Kier alpha value is -0.0800. The summed E-state index contributed by atoms with van der Waals surface area (Å²) in [5, 5.41) is 3.62. The molecule has 1 saturated carbocycles. The maximum absolute atomic E-state index is 6.24. The van der Waals surface area contributed by atoms with Gasteiger partial charge in [-0.15, -0.1) is 0 Å². The molecule has 0 heterocycles. The van der Waals surface area contributed by atoms with Gasteiger partial charge >= 0.3 is 0 Å². The normalized spacial score (nSPS) is 28.3. The van der Waals surface area contributed by atoms with Gasteiger partial charge < -0.3 is 10.1 Å². The van der Waals surface area contributed by atoms with Crippen molar-refractivity contribution in [1.82, 2.24) is 5.32 Å². The van der Waals surface area contributed by atoms with Gasteiger partial charge in [-0.2, -0.15) is 0 Å². The highest BCUT2D eigenvalue weighted by atomic mass is 16.5. The second-order valence-electron chi connectivity index (χ2n) is 7.31. The van der Waals surface area contributed by atoms with Crippen molar-refractivity contribution in [2.45, 2.75) is 85.3 Å². The third-order valence-electron chi connectivity index (χ3n) is 4.20. The van der Waals surface area contributed by atoms with Crippen molar-refractivity contribution in [2.75, 3.05) is 13.2 Å². The minimum Gasteiger partial charge on any atom is -0.377 e. The Kier molecular flexibility index (Phi) is 7.38. The maximum Gasteiger partial charge on any atom is 0.0623 e. The van der Waals surface area contributed by atoms with Crippen LogP contribution in [0, 0.1) is 11.3 Å². The van der Waals surface area contributed by atoms with E-state index in [1.165, 1.54) is 38.5 Å². The molecular formula is C17H35NO. The largest absolute Gasteiger partial charge is 0.377 e. The van der Waals surface area contributed by atoms with E-state index in [-0.39, 0.29) is 0 Å². The molecule has 19 heavy (non-hydrogen) atoms. The van der Waals surface area contributed by atoms with Crippen LogP contribution in [0.2, 0.25) is 0 Å². The van der Waals surface area contributed by atoms with Crippen molar-refractivity contribution < 1.29 is 4.74 Å². The zero-order valence-corrected chi connectivity index (χ0v) is 13.8. The molecule has 114 valence electrons. The van der Waals surface area contributed by atoms with Crippen LogP contribution in [0.15, 0.2) is 0 Å². The fraction of sp³-hybridized carbons (Fsp3) is 1.00. The summed E-state index contributed by atoms with van der Waals surface area (Å²) in [6, 6.07) is 0.547. The molecule has 1 aliphatic rings. The zero-order valence-electron chi connectivity index (χ0n) is 13.8. The van der Waals surface area contributed by atoms with Crippen molar-refractivity contribution in [3.05, 3.63) is 0 Å². The van der Waals surface area contributed by atoms with Gasteiger partial charge in [-0.3, -0.25) is 0 Å². The topological polar surface area (TPSA) is 21.3 Å². The zero-order chi connectivity index (χ0) is 14.3. The first kappa shape index (κ1) is 17.0. The van der Waals surface area contributed by atoms with Crippen LogP contribution in [-0.4, -0.2) is 25.3 Å². The summed E-state index contributed by atoms with van der Waals surface area (Å²) in [4.78, 5) is 0. The second-order valence-corrected chi connectivity index (χ2v) is 7.31. The van der Waals surface area contributed by atoms with Gasteiger partial charge in [0, 0.05) is 6.04 Å². The Balaban J connectivity index is 2.35. The quantitative estimate of drug-likeness (QED) is 0.706. The first-order chi connectivity index (χ1) is 8.96. The van der Waals surface area contributed by atoms with Crippen LogP contribution in [-0.2, 0) is 4.74 Å². The highest BCUT2D eigenvalue weighted by Gasteiger charge is 2.32. The van der Waals surface area contributed by atoms with Crippen LogP contribution < -0.4 is 5.32 Å². The molecule has 0 radical (unpaired) electrons. The van der Waals surface area contributed by atoms with Crippen LogP contribution in [0.1, 0.15) is 73.1 Å². The van der Waals surface area contributed by atoms with Crippen molar-refractivity contribution >= 4 is 0 Å². The second kappa shape index (κ2) is 8.26. The molecule has 1 rings (SSSR count). The molecule has 3 atom stereocenters. The van der Waals surface area contributed by atoms with Crippen molar-refractivity contribution in [3.63, 3.8) is 0 Å². The van der Waals surface area contributed by atoms with E-state index in [0.717, 1.165) is 19.1 Å². The number of nitrogens with one attached hydrogen (secondary N) is 1. The molecule has 0 spiro atoms. The Morgan fingerprint density at radius 2 is 1.95 bits per heavy atom. The maximum atomic E-state index is 6.24. The van der Waals surface area contributed by atoms with Crippen LogP contribution in [0.3, 0.4) is 0 Å². The average molecular weight is 269 g/mol. The molecule has 1 aliphatic carbocycles. The van der Waals surface area contributed by atoms with E-state index in [0.29, 0.717) is 17.6 Å². The molecular weight excluding hydrogens is 234 g/mol. The van der Waals surface area contributed by atoms with Gasteiger partial charge in [-0.25, -0.2) is 0 Å². The number of ether oxygens (including phenoxy) is 1. The van der Waals surface area contributed by atoms with Crippen molar-refractivity contribution in [2.24, 2.45) is 11.3 Å². The lowest BCUT2D eigenvalue weighted by atomic mass is 9.71. The molecule has 0 bridgehead atoms. The van der Waals surface area contributed by atoms with E-state index in [2.05, 4.69) is 39.9 Å². The van der Waals surface area contributed by atoms with Crippen LogP contribution in [0.4, 0.5) is 0 Å². The number of rotatable bonds is 8. The first-order valence-electron chi connectivity index (χ1n) is 8.31. The molecule has 0 aromatic carbocycles. The van der Waals surface area contributed by atoms with Gasteiger partial charge in [0.15, 0.2) is 0 Å². The predicted octanol–water partition coefficient (Wildman–Crippen LogP) is 4.39. The van der Waals surface area contributed by atoms with Gasteiger partial charge in [0.2, 0.25) is 0 Å². The monoisotopic (exact) mass is 269 g/mol. The van der Waals surface area contributed by atoms with Crippen molar-refractivity contribution in [1.29, 1.82) is 0 Å². The van der Waals surface area contributed by atoms with Crippen LogP contribution >= 0.6 is 0 Å². The fourth-order valence-corrected chi connectivity index (χ4v) is 3.58. The SMILES string of the molecule is CCCNC(CCC)COC1CC(C)CC(C)(C)C1. The Bertz CT molecular complexity index is 239. The molecule has 2 heteroatoms. The molecule has 0 aromatic heterocycles. The molecule has 1 N–H and O–H groups in total. The summed E-state index contributed by atoms with van der Waals surface area (Å²) in [6.07, 6.45) is 7.96. The molecule has 0 saturated heterocycles. The first-order valence-corrected chi connectivity index (χ1v) is 8.31. The molecule has 0 aliphatic heterocycles. The molecule has 3 unspecified atom stereocenters. The summed E-state index contributed by atoms with van der Waals surface area (Å²) in [6.45, 7) is 13.6. The summed E-state index contributed by atoms with van der Waals surface area (Å²) in [5.41, 5.74) is 0.458. The Labute approximate surface area is 120 Å². The standard InChI is InChI=1S/C17H35NO/c1-6-8-15(18-9-7-2)13-19-16-10-14(3)11-17(4,5)12-16/h14-16,18H,6-13H2,1-5H3. The molecule has 0 aromatic rings. The lowest BCUT2D eigenvalue weighted by Gasteiger charge is -2.39. The van der Waals surface area contributed by atoms with Gasteiger partial charge in [0.25, 0.3) is 0 Å². The smallest absolute Gasteiger partial charge is 0.0623 e.